The highest BCUT2D eigenvalue weighted by atomic mass is 32.2. The van der Waals surface area contributed by atoms with Crippen molar-refractivity contribution in [3.05, 3.63) is 65.7 Å². The van der Waals surface area contributed by atoms with Gasteiger partial charge in [0.1, 0.15) is 5.75 Å². The molecule has 4 nitrogen and oxygen atoms in total. The summed E-state index contributed by atoms with van der Waals surface area (Å²) in [7, 11) is 0. The number of hydrogen-bond acceptors (Lipinski definition) is 4. The number of amidine groups is 1. The molecule has 1 amide bonds. The zero-order chi connectivity index (χ0) is 19.2. The Bertz CT molecular complexity index is 797. The average Bonchev–Trinajstić information content (AvgIpc) is 3.03. The molecule has 0 bridgehead atoms. The van der Waals surface area contributed by atoms with Crippen LogP contribution in [0.2, 0.25) is 0 Å². The Morgan fingerprint density at radius 2 is 1.93 bits per heavy atom. The van der Waals surface area contributed by atoms with E-state index in [1.165, 1.54) is 29.8 Å². The van der Waals surface area contributed by atoms with E-state index in [1.807, 2.05) is 25.1 Å². The van der Waals surface area contributed by atoms with E-state index in [4.69, 9.17) is 0 Å². The van der Waals surface area contributed by atoms with Crippen LogP contribution >= 0.6 is 11.8 Å². The van der Waals surface area contributed by atoms with E-state index in [0.717, 1.165) is 6.42 Å². The zero-order valence-electron chi connectivity index (χ0n) is 14.8. The Kier molecular flexibility index (Phi) is 6.45. The van der Waals surface area contributed by atoms with Gasteiger partial charge >= 0.3 is 6.61 Å². The Labute approximate surface area is 161 Å². The van der Waals surface area contributed by atoms with Gasteiger partial charge in [0.2, 0.25) is 0 Å². The van der Waals surface area contributed by atoms with Crippen LogP contribution in [0.3, 0.4) is 0 Å². The lowest BCUT2D eigenvalue weighted by molar-refractivity contribution is -0.0498. The van der Waals surface area contributed by atoms with Crippen LogP contribution in [0.25, 0.3) is 0 Å². The Hall–Kier alpha value is -2.41. The number of nitrogens with zero attached hydrogens (tertiary/aromatic N) is 2. The fraction of sp³-hybridized carbons (Fsp3) is 0.300. The molecule has 2 aromatic carbocycles. The molecule has 0 saturated carbocycles. The van der Waals surface area contributed by atoms with Crippen LogP contribution in [-0.2, 0) is 6.42 Å². The van der Waals surface area contributed by atoms with E-state index in [9.17, 15) is 13.6 Å². The number of thioether (sulfide) groups is 1. The molecule has 0 aliphatic carbocycles. The molecule has 1 atom stereocenters. The summed E-state index contributed by atoms with van der Waals surface area (Å²) in [5, 5.41) is 0.960. The Morgan fingerprint density at radius 1 is 1.22 bits per heavy atom. The Balaban J connectivity index is 1.67. The molecule has 0 aromatic heterocycles. The molecule has 1 fully saturated rings. The third-order valence-corrected chi connectivity index (χ3v) is 5.15. The van der Waals surface area contributed by atoms with Gasteiger partial charge in [0.25, 0.3) is 5.91 Å². The monoisotopic (exact) mass is 390 g/mol. The summed E-state index contributed by atoms with van der Waals surface area (Å²) in [6, 6.07) is 15.8. The zero-order valence-corrected chi connectivity index (χ0v) is 15.7. The topological polar surface area (TPSA) is 41.9 Å². The molecule has 0 N–H and O–H groups in total. The maximum absolute atomic E-state index is 12.8. The van der Waals surface area contributed by atoms with E-state index < -0.39 is 6.61 Å². The second-order valence-electron chi connectivity index (χ2n) is 6.15. The molecule has 0 unspecified atom stereocenters. The summed E-state index contributed by atoms with van der Waals surface area (Å²) in [6.07, 6.45) is 0.807. The molecule has 0 spiro atoms. The number of carbonyl (C=O) groups is 1. The van der Waals surface area contributed by atoms with E-state index >= 15 is 0 Å². The standard InChI is InChI=1S/C20H20F2N2O2S/c1-14-13-24(18(25)16-7-9-17(10-8-16)26-19(21)22)20(27-14)23-12-11-15-5-3-2-4-6-15/h2-10,14,19H,11-13H2,1H3/t14-/m0/s1. The first-order valence-corrected chi connectivity index (χ1v) is 9.52. The summed E-state index contributed by atoms with van der Waals surface area (Å²) >= 11 is 1.57. The molecule has 7 heteroatoms. The summed E-state index contributed by atoms with van der Waals surface area (Å²) in [4.78, 5) is 19.1. The summed E-state index contributed by atoms with van der Waals surface area (Å²) in [5.41, 5.74) is 1.62. The Morgan fingerprint density at radius 3 is 2.59 bits per heavy atom. The first kappa shape index (κ1) is 19.4. The predicted molar refractivity (Wildman–Crippen MR) is 104 cm³/mol. The molecule has 2 aromatic rings. The van der Waals surface area contributed by atoms with Gasteiger partial charge in [-0.05, 0) is 36.2 Å². The van der Waals surface area contributed by atoms with Crippen LogP contribution in [-0.4, -0.2) is 40.9 Å². The van der Waals surface area contributed by atoms with Crippen molar-refractivity contribution < 1.29 is 18.3 Å². The van der Waals surface area contributed by atoms with Crippen LogP contribution in [0.4, 0.5) is 8.78 Å². The lowest BCUT2D eigenvalue weighted by Crippen LogP contribution is -2.32. The number of carbonyl (C=O) groups excluding carboxylic acids is 1. The maximum Gasteiger partial charge on any atom is 0.387 e. The molecule has 1 saturated heterocycles. The van der Waals surface area contributed by atoms with E-state index in [-0.39, 0.29) is 16.9 Å². The van der Waals surface area contributed by atoms with Crippen molar-refractivity contribution in [1.29, 1.82) is 0 Å². The minimum absolute atomic E-state index is 0.0301. The molecule has 27 heavy (non-hydrogen) atoms. The largest absolute Gasteiger partial charge is 0.435 e. The molecular weight excluding hydrogens is 370 g/mol. The second kappa shape index (κ2) is 8.99. The lowest BCUT2D eigenvalue weighted by Gasteiger charge is -2.16. The summed E-state index contributed by atoms with van der Waals surface area (Å²) in [5.74, 6) is -0.156. The van der Waals surface area contributed by atoms with Gasteiger partial charge in [-0.2, -0.15) is 8.78 Å². The van der Waals surface area contributed by atoms with Gasteiger partial charge in [-0.15, -0.1) is 0 Å². The fourth-order valence-corrected chi connectivity index (χ4v) is 3.80. The van der Waals surface area contributed by atoms with Crippen LogP contribution in [0.15, 0.2) is 59.6 Å². The van der Waals surface area contributed by atoms with Crippen molar-refractivity contribution in [2.24, 2.45) is 4.99 Å². The predicted octanol–water partition coefficient (Wildman–Crippen LogP) is 4.46. The van der Waals surface area contributed by atoms with Crippen molar-refractivity contribution in [1.82, 2.24) is 4.90 Å². The summed E-state index contributed by atoms with van der Waals surface area (Å²) < 4.78 is 28.8. The number of ether oxygens (including phenoxy) is 1. The van der Waals surface area contributed by atoms with Gasteiger partial charge < -0.3 is 4.74 Å². The lowest BCUT2D eigenvalue weighted by atomic mass is 10.2. The molecule has 1 aliphatic heterocycles. The minimum Gasteiger partial charge on any atom is -0.435 e. The van der Waals surface area contributed by atoms with Crippen molar-refractivity contribution in [2.45, 2.75) is 25.2 Å². The highest BCUT2D eigenvalue weighted by molar-refractivity contribution is 8.14. The third kappa shape index (κ3) is 5.29. The van der Waals surface area contributed by atoms with Crippen molar-refractivity contribution in [3.8, 4) is 5.75 Å². The smallest absolute Gasteiger partial charge is 0.387 e. The molecule has 3 rings (SSSR count). The third-order valence-electron chi connectivity index (χ3n) is 4.04. The average molecular weight is 390 g/mol. The van der Waals surface area contributed by atoms with Crippen LogP contribution < -0.4 is 4.74 Å². The molecule has 0 radical (unpaired) electrons. The number of benzene rings is 2. The normalized spacial score (nSPS) is 18.3. The number of aliphatic imine (C=N–C) groups is 1. The van der Waals surface area contributed by atoms with Gasteiger partial charge in [0.05, 0.1) is 0 Å². The van der Waals surface area contributed by atoms with E-state index in [0.29, 0.717) is 23.8 Å². The van der Waals surface area contributed by atoms with Crippen LogP contribution in [0.5, 0.6) is 5.75 Å². The quantitative estimate of drug-likeness (QED) is 0.731. The van der Waals surface area contributed by atoms with Gasteiger partial charge in [-0.25, -0.2) is 0 Å². The van der Waals surface area contributed by atoms with Gasteiger partial charge in [0.15, 0.2) is 5.17 Å². The van der Waals surface area contributed by atoms with E-state index in [2.05, 4.69) is 21.9 Å². The molecule has 142 valence electrons. The number of alkyl halides is 2. The minimum atomic E-state index is -2.88. The van der Waals surface area contributed by atoms with Crippen LogP contribution in [0, 0.1) is 0 Å². The highest BCUT2D eigenvalue weighted by Crippen LogP contribution is 2.27. The van der Waals surface area contributed by atoms with Gasteiger partial charge in [0, 0.05) is 23.9 Å². The maximum atomic E-state index is 12.8. The number of halogens is 2. The summed E-state index contributed by atoms with van der Waals surface area (Å²) in [6.45, 7) is 0.336. The van der Waals surface area contributed by atoms with Crippen molar-refractivity contribution in [2.75, 3.05) is 13.1 Å². The first-order chi connectivity index (χ1) is 13.0. The van der Waals surface area contributed by atoms with Gasteiger partial charge in [-0.1, -0.05) is 49.0 Å². The molecule has 1 heterocycles. The second-order valence-corrected chi connectivity index (χ2v) is 7.55. The number of rotatable bonds is 6. The van der Waals surface area contributed by atoms with E-state index in [1.54, 1.807) is 16.7 Å². The SMILES string of the molecule is C[C@H]1CN(C(=O)c2ccc(OC(F)F)cc2)C(=NCCc2ccccc2)S1. The number of hydrogen-bond donors (Lipinski definition) is 0. The van der Waals surface area contributed by atoms with Crippen molar-refractivity contribution in [3.63, 3.8) is 0 Å². The number of amides is 1. The first-order valence-electron chi connectivity index (χ1n) is 8.64. The van der Waals surface area contributed by atoms with Crippen LogP contribution in [0.1, 0.15) is 22.8 Å². The highest BCUT2D eigenvalue weighted by Gasteiger charge is 2.31. The molecular formula is C20H20F2N2O2S. The van der Waals surface area contributed by atoms with Gasteiger partial charge in [-0.3, -0.25) is 14.7 Å². The fourth-order valence-electron chi connectivity index (χ4n) is 2.77. The van der Waals surface area contributed by atoms with Crippen molar-refractivity contribution >= 4 is 22.8 Å². The molecule has 1 aliphatic rings.